The van der Waals surface area contributed by atoms with Gasteiger partial charge in [-0.3, -0.25) is 9.36 Å². The van der Waals surface area contributed by atoms with Crippen molar-refractivity contribution in [2.24, 2.45) is 0 Å². The molecule has 2 aromatic heterocycles. The third-order valence-corrected chi connectivity index (χ3v) is 6.14. The Morgan fingerprint density at radius 2 is 2.03 bits per heavy atom. The normalized spacial score (nSPS) is 13.0. The number of nitrogen functional groups attached to an aromatic ring is 1. The van der Waals surface area contributed by atoms with E-state index in [1.807, 2.05) is 30.3 Å². The summed E-state index contributed by atoms with van der Waals surface area (Å²) in [6, 6.07) is 9.28. The molecule has 12 nitrogen and oxygen atoms in total. The third-order valence-electron chi connectivity index (χ3n) is 4.43. The summed E-state index contributed by atoms with van der Waals surface area (Å²) >= 11 is 0. The van der Waals surface area contributed by atoms with Gasteiger partial charge in [-0.2, -0.15) is 9.97 Å². The molecule has 33 heavy (non-hydrogen) atoms. The van der Waals surface area contributed by atoms with Crippen molar-refractivity contribution in [1.29, 1.82) is 0 Å². The van der Waals surface area contributed by atoms with E-state index in [9.17, 15) is 9.36 Å². The predicted molar refractivity (Wildman–Crippen MR) is 121 cm³/mol. The van der Waals surface area contributed by atoms with E-state index in [-0.39, 0.29) is 44.5 Å². The van der Waals surface area contributed by atoms with Crippen LogP contribution in [-0.4, -0.2) is 58.7 Å². The number of hydrogen-bond donors (Lipinski definition) is 2. The Morgan fingerprint density at radius 3 is 2.76 bits per heavy atom. The molecule has 0 aliphatic carbocycles. The largest absolute Gasteiger partial charge is 0.479 e. The Hall–Kier alpha value is -3.05. The molecule has 1 atom stereocenters. The average Bonchev–Trinajstić information content (AvgIpc) is 3.22. The summed E-state index contributed by atoms with van der Waals surface area (Å²) < 4.78 is 36.3. The van der Waals surface area contributed by atoms with Crippen molar-refractivity contribution < 1.29 is 28.1 Å². The van der Waals surface area contributed by atoms with E-state index < -0.39 is 13.5 Å². The molecule has 3 aromatic rings. The summed E-state index contributed by atoms with van der Waals surface area (Å²) in [5, 5.41) is 2.66. The maximum Gasteiger partial charge on any atom is 0.320 e. The minimum absolute atomic E-state index is 0.0593. The van der Waals surface area contributed by atoms with Crippen LogP contribution in [0, 0.1) is 0 Å². The summed E-state index contributed by atoms with van der Waals surface area (Å²) in [5.74, 6) is -0.194. The molecule has 2 heterocycles. The van der Waals surface area contributed by atoms with Crippen molar-refractivity contribution >= 4 is 30.6 Å². The van der Waals surface area contributed by atoms with Gasteiger partial charge in [-0.25, -0.2) is 10.1 Å². The van der Waals surface area contributed by atoms with Gasteiger partial charge in [0, 0.05) is 6.54 Å². The van der Waals surface area contributed by atoms with Gasteiger partial charge in [-0.15, -0.1) is 0 Å². The number of anilines is 1. The first-order chi connectivity index (χ1) is 15.9. The van der Waals surface area contributed by atoms with E-state index in [4.69, 9.17) is 24.5 Å². The summed E-state index contributed by atoms with van der Waals surface area (Å²) in [5.41, 5.74) is 7.53. The second kappa shape index (κ2) is 11.7. The maximum atomic E-state index is 13.3. The fraction of sp³-hybridized carbons (Fsp3) is 0.400. The number of imidazole rings is 1. The van der Waals surface area contributed by atoms with Gasteiger partial charge < -0.3 is 29.0 Å². The minimum Gasteiger partial charge on any atom is -0.479 e. The van der Waals surface area contributed by atoms with Gasteiger partial charge in [0.2, 0.25) is 11.8 Å². The highest BCUT2D eigenvalue weighted by Gasteiger charge is 2.25. The van der Waals surface area contributed by atoms with Crippen LogP contribution >= 0.6 is 7.52 Å². The van der Waals surface area contributed by atoms with Gasteiger partial charge >= 0.3 is 5.97 Å². The van der Waals surface area contributed by atoms with Crippen LogP contribution in [0.4, 0.5) is 5.95 Å². The van der Waals surface area contributed by atoms with Gasteiger partial charge in [0.05, 0.1) is 33.3 Å². The molecule has 1 aromatic carbocycles. The summed E-state index contributed by atoms with van der Waals surface area (Å²) in [7, 11) is -2.03. The SMILES string of the molecule is CCOC(=O)CN[P@@](=O)(COCCn1cnc2c(OC)nc(N)nc21)OCc1ccccc1. The molecule has 178 valence electrons. The number of hydrogen-bond acceptors (Lipinski definition) is 10. The number of fused-ring (bicyclic) bond motifs is 1. The highest BCUT2D eigenvalue weighted by atomic mass is 31.2. The number of methoxy groups -OCH3 is 1. The number of esters is 1. The Morgan fingerprint density at radius 1 is 1.24 bits per heavy atom. The van der Waals surface area contributed by atoms with E-state index in [0.717, 1.165) is 5.56 Å². The topological polar surface area (TPSA) is 153 Å². The number of carbonyl (C=O) groups is 1. The zero-order valence-corrected chi connectivity index (χ0v) is 19.4. The van der Waals surface area contributed by atoms with Crippen molar-refractivity contribution in [1.82, 2.24) is 24.6 Å². The van der Waals surface area contributed by atoms with E-state index in [1.165, 1.54) is 7.11 Å². The van der Waals surface area contributed by atoms with Crippen molar-refractivity contribution in [2.45, 2.75) is 20.1 Å². The monoisotopic (exact) mass is 478 g/mol. The average molecular weight is 478 g/mol. The first kappa shape index (κ1) is 24.6. The second-order valence-corrected chi connectivity index (χ2v) is 8.99. The zero-order valence-electron chi connectivity index (χ0n) is 18.5. The van der Waals surface area contributed by atoms with Crippen LogP contribution in [0.15, 0.2) is 36.7 Å². The van der Waals surface area contributed by atoms with Gasteiger partial charge in [0.1, 0.15) is 12.9 Å². The van der Waals surface area contributed by atoms with E-state index >= 15 is 0 Å². The van der Waals surface area contributed by atoms with Gasteiger partial charge in [-0.1, -0.05) is 30.3 Å². The molecular formula is C20H27N6O6P. The van der Waals surface area contributed by atoms with Crippen LogP contribution in [0.2, 0.25) is 0 Å². The molecular weight excluding hydrogens is 451 g/mol. The Kier molecular flexibility index (Phi) is 8.72. The Labute approximate surface area is 190 Å². The van der Waals surface area contributed by atoms with Crippen LogP contribution in [0.3, 0.4) is 0 Å². The van der Waals surface area contributed by atoms with Crippen molar-refractivity contribution in [2.75, 3.05) is 38.9 Å². The molecule has 0 aliphatic heterocycles. The molecule has 3 N–H and O–H groups in total. The number of nitrogens with zero attached hydrogens (tertiary/aromatic N) is 4. The number of benzene rings is 1. The minimum atomic E-state index is -3.50. The lowest BCUT2D eigenvalue weighted by atomic mass is 10.2. The lowest BCUT2D eigenvalue weighted by Gasteiger charge is -2.19. The van der Waals surface area contributed by atoms with Crippen molar-refractivity contribution in [3.05, 3.63) is 42.2 Å². The van der Waals surface area contributed by atoms with Crippen LogP contribution in [0.5, 0.6) is 5.88 Å². The van der Waals surface area contributed by atoms with Crippen LogP contribution in [-0.2, 0) is 36.5 Å². The summed E-state index contributed by atoms with van der Waals surface area (Å²) in [6.45, 7) is 2.29. The molecule has 0 amide bonds. The molecule has 0 saturated heterocycles. The molecule has 0 spiro atoms. The summed E-state index contributed by atoms with van der Waals surface area (Å²) in [4.78, 5) is 24.1. The number of aromatic nitrogens is 4. The van der Waals surface area contributed by atoms with Crippen molar-refractivity contribution in [3.8, 4) is 5.88 Å². The van der Waals surface area contributed by atoms with Crippen LogP contribution in [0.25, 0.3) is 11.2 Å². The third kappa shape index (κ3) is 6.96. The van der Waals surface area contributed by atoms with Crippen molar-refractivity contribution in [3.63, 3.8) is 0 Å². The molecule has 13 heteroatoms. The fourth-order valence-corrected chi connectivity index (χ4v) is 4.22. The Balaban J connectivity index is 1.60. The summed E-state index contributed by atoms with van der Waals surface area (Å²) in [6.07, 6.45) is 1.32. The highest BCUT2D eigenvalue weighted by Crippen LogP contribution is 2.43. The van der Waals surface area contributed by atoms with Gasteiger partial charge in [0.25, 0.3) is 7.52 Å². The van der Waals surface area contributed by atoms with E-state index in [0.29, 0.717) is 17.7 Å². The molecule has 0 radical (unpaired) electrons. The maximum absolute atomic E-state index is 13.3. The smallest absolute Gasteiger partial charge is 0.320 e. The zero-order chi connectivity index (χ0) is 23.7. The van der Waals surface area contributed by atoms with E-state index in [2.05, 4.69) is 20.0 Å². The van der Waals surface area contributed by atoms with Gasteiger partial charge in [0.15, 0.2) is 11.2 Å². The predicted octanol–water partition coefficient (Wildman–Crippen LogP) is 1.95. The first-order valence-corrected chi connectivity index (χ1v) is 12.0. The molecule has 0 aliphatic rings. The quantitative estimate of drug-likeness (QED) is 0.211. The lowest BCUT2D eigenvalue weighted by Crippen LogP contribution is -2.25. The van der Waals surface area contributed by atoms with Crippen LogP contribution < -0.4 is 15.6 Å². The molecule has 3 rings (SSSR count). The number of rotatable bonds is 13. The molecule has 0 fully saturated rings. The fourth-order valence-electron chi connectivity index (χ4n) is 2.87. The van der Waals surface area contributed by atoms with Crippen LogP contribution in [0.1, 0.15) is 12.5 Å². The van der Waals surface area contributed by atoms with E-state index in [1.54, 1.807) is 17.8 Å². The highest BCUT2D eigenvalue weighted by molar-refractivity contribution is 7.56. The number of nitrogens with one attached hydrogen (secondary N) is 1. The lowest BCUT2D eigenvalue weighted by molar-refractivity contribution is -0.141. The first-order valence-electron chi connectivity index (χ1n) is 10.2. The molecule has 0 bridgehead atoms. The Bertz CT molecular complexity index is 1110. The molecule has 0 unspecified atom stereocenters. The number of carbonyl (C=O) groups excluding carboxylic acids is 1. The number of nitrogens with two attached hydrogens (primary N) is 1. The second-order valence-electron chi connectivity index (χ2n) is 6.81. The molecule has 0 saturated carbocycles. The van der Waals surface area contributed by atoms with Gasteiger partial charge in [-0.05, 0) is 12.5 Å². The standard InChI is InChI=1S/C20H27N6O6P/c1-3-31-16(27)11-23-33(28,32-12-15-7-5-4-6-8-15)14-30-10-9-26-13-22-17-18(26)24-20(21)25-19(17)29-2/h4-8,13H,3,9-12,14H2,1-2H3,(H,23,28)(H2,21,24,25)/t33-/m1/s1. The number of ether oxygens (including phenoxy) is 3.